The number of ether oxygens (including phenoxy) is 1. The number of carbonyl (C=O) groups is 2. The van der Waals surface area contributed by atoms with E-state index >= 15 is 0 Å². The van der Waals surface area contributed by atoms with Gasteiger partial charge in [0.2, 0.25) is 5.91 Å². The van der Waals surface area contributed by atoms with Crippen LogP contribution in [-0.2, 0) is 25.8 Å². The van der Waals surface area contributed by atoms with Crippen LogP contribution in [0.3, 0.4) is 0 Å². The summed E-state index contributed by atoms with van der Waals surface area (Å²) in [6, 6.07) is 9.63. The van der Waals surface area contributed by atoms with E-state index in [2.05, 4.69) is 5.48 Å². The summed E-state index contributed by atoms with van der Waals surface area (Å²) in [5, 5.41) is 0. The van der Waals surface area contributed by atoms with Crippen molar-refractivity contribution in [1.82, 2.24) is 5.48 Å². The minimum atomic E-state index is -0.173. The van der Waals surface area contributed by atoms with E-state index in [0.29, 0.717) is 26.1 Å². The second-order valence-electron chi connectivity index (χ2n) is 4.67. The van der Waals surface area contributed by atoms with Crippen LogP contribution >= 0.6 is 0 Å². The predicted octanol–water partition coefficient (Wildman–Crippen LogP) is 2.75. The number of esters is 1. The van der Waals surface area contributed by atoms with Crippen molar-refractivity contribution in [3.05, 3.63) is 35.9 Å². The first-order valence-electron chi connectivity index (χ1n) is 7.32. The SMILES string of the molecule is CCOC(=O)CCCCCC(=O)NOCc1ccccc1. The van der Waals surface area contributed by atoms with E-state index in [1.807, 2.05) is 30.3 Å². The lowest BCUT2D eigenvalue weighted by atomic mass is 10.1. The van der Waals surface area contributed by atoms with Crippen LogP contribution in [0.5, 0.6) is 0 Å². The number of hydrogen-bond donors (Lipinski definition) is 1. The third kappa shape index (κ3) is 8.81. The van der Waals surface area contributed by atoms with Crippen molar-refractivity contribution in [2.45, 2.75) is 45.6 Å². The third-order valence-electron chi connectivity index (χ3n) is 2.86. The Morgan fingerprint density at radius 3 is 2.48 bits per heavy atom. The largest absolute Gasteiger partial charge is 0.466 e. The van der Waals surface area contributed by atoms with Crippen molar-refractivity contribution in [1.29, 1.82) is 0 Å². The van der Waals surface area contributed by atoms with Crippen molar-refractivity contribution in [2.75, 3.05) is 6.61 Å². The standard InChI is InChI=1S/C16H23NO4/c1-2-20-16(19)12-8-4-7-11-15(18)17-21-13-14-9-5-3-6-10-14/h3,5-6,9-10H,2,4,7-8,11-13H2,1H3,(H,17,18). The summed E-state index contributed by atoms with van der Waals surface area (Å²) in [6.45, 7) is 2.56. The molecule has 1 amide bonds. The van der Waals surface area contributed by atoms with E-state index in [1.165, 1.54) is 0 Å². The quantitative estimate of drug-likeness (QED) is 0.409. The molecule has 0 radical (unpaired) electrons. The molecule has 0 aliphatic carbocycles. The van der Waals surface area contributed by atoms with E-state index in [-0.39, 0.29) is 11.9 Å². The number of hydroxylamine groups is 1. The van der Waals surface area contributed by atoms with Crippen LogP contribution in [0.4, 0.5) is 0 Å². The van der Waals surface area contributed by atoms with E-state index in [9.17, 15) is 9.59 Å². The van der Waals surface area contributed by atoms with Crippen molar-refractivity contribution in [3.63, 3.8) is 0 Å². The number of rotatable bonds is 10. The van der Waals surface area contributed by atoms with Gasteiger partial charge in [-0.05, 0) is 25.3 Å². The highest BCUT2D eigenvalue weighted by molar-refractivity contribution is 5.74. The third-order valence-corrected chi connectivity index (χ3v) is 2.86. The Hall–Kier alpha value is -1.88. The van der Waals surface area contributed by atoms with Crippen LogP contribution in [0, 0.1) is 0 Å². The summed E-state index contributed by atoms with van der Waals surface area (Å²) < 4.78 is 4.83. The van der Waals surface area contributed by atoms with Gasteiger partial charge in [0.05, 0.1) is 13.2 Å². The van der Waals surface area contributed by atoms with Gasteiger partial charge in [-0.1, -0.05) is 36.8 Å². The molecule has 1 rings (SSSR count). The van der Waals surface area contributed by atoms with Crippen molar-refractivity contribution in [2.24, 2.45) is 0 Å². The van der Waals surface area contributed by atoms with Gasteiger partial charge in [0.25, 0.3) is 0 Å². The normalized spacial score (nSPS) is 10.1. The maximum absolute atomic E-state index is 11.5. The fourth-order valence-corrected chi connectivity index (χ4v) is 1.79. The fourth-order valence-electron chi connectivity index (χ4n) is 1.79. The minimum Gasteiger partial charge on any atom is -0.466 e. The molecule has 116 valence electrons. The molecule has 0 unspecified atom stereocenters. The lowest BCUT2D eigenvalue weighted by Crippen LogP contribution is -2.23. The maximum Gasteiger partial charge on any atom is 0.305 e. The first-order chi connectivity index (χ1) is 10.2. The molecular weight excluding hydrogens is 270 g/mol. The molecule has 0 aliphatic rings. The monoisotopic (exact) mass is 293 g/mol. The van der Waals surface area contributed by atoms with Crippen LogP contribution in [0.25, 0.3) is 0 Å². The average molecular weight is 293 g/mol. The molecule has 1 aromatic rings. The molecule has 0 spiro atoms. The summed E-state index contributed by atoms with van der Waals surface area (Å²) in [6.07, 6.45) is 3.12. The van der Waals surface area contributed by atoms with E-state index in [1.54, 1.807) is 6.92 Å². The summed E-state index contributed by atoms with van der Waals surface area (Å²) in [4.78, 5) is 27.7. The molecule has 5 heteroatoms. The van der Waals surface area contributed by atoms with E-state index in [0.717, 1.165) is 24.8 Å². The van der Waals surface area contributed by atoms with Gasteiger partial charge in [0.15, 0.2) is 0 Å². The smallest absolute Gasteiger partial charge is 0.305 e. The van der Waals surface area contributed by atoms with Crippen LogP contribution in [0.2, 0.25) is 0 Å². The molecule has 1 N–H and O–H groups in total. The minimum absolute atomic E-state index is 0.137. The number of carbonyl (C=O) groups excluding carboxylic acids is 2. The molecule has 0 saturated carbocycles. The Morgan fingerprint density at radius 2 is 1.76 bits per heavy atom. The van der Waals surface area contributed by atoms with Crippen LogP contribution < -0.4 is 5.48 Å². The highest BCUT2D eigenvalue weighted by Gasteiger charge is 2.04. The fraction of sp³-hybridized carbons (Fsp3) is 0.500. The highest BCUT2D eigenvalue weighted by Crippen LogP contribution is 2.04. The Bertz CT molecular complexity index is 420. The van der Waals surface area contributed by atoms with Crippen LogP contribution in [0.1, 0.15) is 44.6 Å². The Morgan fingerprint density at radius 1 is 1.05 bits per heavy atom. The average Bonchev–Trinajstić information content (AvgIpc) is 2.48. The van der Waals surface area contributed by atoms with Crippen molar-refractivity contribution in [3.8, 4) is 0 Å². The summed E-state index contributed by atoms with van der Waals surface area (Å²) in [7, 11) is 0. The number of unbranched alkanes of at least 4 members (excludes halogenated alkanes) is 2. The maximum atomic E-state index is 11.5. The molecule has 0 fully saturated rings. The molecule has 5 nitrogen and oxygen atoms in total. The van der Waals surface area contributed by atoms with Gasteiger partial charge < -0.3 is 4.74 Å². The lowest BCUT2D eigenvalue weighted by Gasteiger charge is -2.06. The van der Waals surface area contributed by atoms with Gasteiger partial charge in [-0.2, -0.15) is 0 Å². The van der Waals surface area contributed by atoms with Gasteiger partial charge >= 0.3 is 5.97 Å². The van der Waals surface area contributed by atoms with Gasteiger partial charge in [-0.25, -0.2) is 5.48 Å². The first kappa shape index (κ1) is 17.2. The molecular formula is C16H23NO4. The van der Waals surface area contributed by atoms with Crippen molar-refractivity contribution < 1.29 is 19.2 Å². The molecule has 0 bridgehead atoms. The zero-order valence-electron chi connectivity index (χ0n) is 12.5. The number of benzene rings is 1. The molecule has 0 heterocycles. The number of hydrogen-bond acceptors (Lipinski definition) is 4. The molecule has 0 aliphatic heterocycles. The van der Waals surface area contributed by atoms with E-state index in [4.69, 9.17) is 9.57 Å². The van der Waals surface area contributed by atoms with Gasteiger partial charge in [-0.15, -0.1) is 0 Å². The molecule has 21 heavy (non-hydrogen) atoms. The topological polar surface area (TPSA) is 64.6 Å². The predicted molar refractivity (Wildman–Crippen MR) is 79.1 cm³/mol. The molecule has 1 aromatic carbocycles. The van der Waals surface area contributed by atoms with Gasteiger partial charge in [-0.3, -0.25) is 14.4 Å². The number of amides is 1. The number of nitrogens with one attached hydrogen (secondary N) is 1. The second-order valence-corrected chi connectivity index (χ2v) is 4.67. The second kappa shape index (κ2) is 10.9. The Balaban J connectivity index is 1.98. The summed E-state index contributed by atoms with van der Waals surface area (Å²) in [5.74, 6) is -0.310. The van der Waals surface area contributed by atoms with E-state index < -0.39 is 0 Å². The summed E-state index contributed by atoms with van der Waals surface area (Å²) in [5.41, 5.74) is 3.43. The molecule has 0 atom stereocenters. The zero-order chi connectivity index (χ0) is 15.3. The van der Waals surface area contributed by atoms with Crippen LogP contribution in [-0.4, -0.2) is 18.5 Å². The first-order valence-corrected chi connectivity index (χ1v) is 7.32. The van der Waals surface area contributed by atoms with Crippen LogP contribution in [0.15, 0.2) is 30.3 Å². The summed E-state index contributed by atoms with van der Waals surface area (Å²) >= 11 is 0. The van der Waals surface area contributed by atoms with Gasteiger partial charge in [0.1, 0.15) is 0 Å². The highest BCUT2D eigenvalue weighted by atomic mass is 16.6. The zero-order valence-corrected chi connectivity index (χ0v) is 12.5. The lowest BCUT2D eigenvalue weighted by molar-refractivity contribution is -0.143. The molecule has 0 aromatic heterocycles. The van der Waals surface area contributed by atoms with Gasteiger partial charge in [0, 0.05) is 12.8 Å². The molecule has 0 saturated heterocycles. The Kier molecular flexibility index (Phi) is 8.88. The van der Waals surface area contributed by atoms with Crippen molar-refractivity contribution >= 4 is 11.9 Å². The Labute approximate surface area is 125 Å².